The molecule has 2 aromatic rings. The van der Waals surface area contributed by atoms with Crippen LogP contribution in [0.25, 0.3) is 0 Å². The summed E-state index contributed by atoms with van der Waals surface area (Å²) in [7, 11) is 0. The van der Waals surface area contributed by atoms with Crippen LogP contribution >= 0.6 is 31.9 Å². The van der Waals surface area contributed by atoms with Crippen molar-refractivity contribution in [2.24, 2.45) is 0 Å². The van der Waals surface area contributed by atoms with Gasteiger partial charge in [-0.25, -0.2) is 0 Å². The highest BCUT2D eigenvalue weighted by Crippen LogP contribution is 2.28. The van der Waals surface area contributed by atoms with Crippen LogP contribution in [0, 0.1) is 6.07 Å². The summed E-state index contributed by atoms with van der Waals surface area (Å²) in [6, 6.07) is 10.4. The molecule has 0 fully saturated rings. The van der Waals surface area contributed by atoms with Crippen molar-refractivity contribution < 1.29 is 4.84 Å². The Labute approximate surface area is 98.7 Å². The summed E-state index contributed by atoms with van der Waals surface area (Å²) < 4.78 is 3.50. The van der Waals surface area contributed by atoms with Gasteiger partial charge in [-0.1, -0.05) is 15.9 Å². The average Bonchev–Trinajstić information content (AvgIpc) is 2.62. The van der Waals surface area contributed by atoms with Crippen LogP contribution in [0.3, 0.4) is 0 Å². The van der Waals surface area contributed by atoms with E-state index in [9.17, 15) is 0 Å². The van der Waals surface area contributed by atoms with Gasteiger partial charge in [0, 0.05) is 16.7 Å². The van der Waals surface area contributed by atoms with Crippen molar-refractivity contribution in [3.8, 4) is 5.75 Å². The standard InChI is InChI=1S/C10H6Br2NO/c11-8-3-4-10(9(12)7-8)14-13-5-1-2-6-13/h1,3-7H. The van der Waals surface area contributed by atoms with E-state index in [1.54, 1.807) is 23.2 Å². The molecule has 0 unspecified atom stereocenters. The lowest BCUT2D eigenvalue weighted by Gasteiger charge is -2.07. The van der Waals surface area contributed by atoms with E-state index in [0.29, 0.717) is 0 Å². The van der Waals surface area contributed by atoms with Crippen molar-refractivity contribution in [1.82, 2.24) is 4.73 Å². The lowest BCUT2D eigenvalue weighted by molar-refractivity contribution is 0.215. The van der Waals surface area contributed by atoms with Gasteiger partial charge in [-0.15, -0.1) is 0 Å². The third-order valence-electron chi connectivity index (χ3n) is 1.62. The Hall–Kier alpha value is -0.740. The number of aromatic nitrogens is 1. The van der Waals surface area contributed by atoms with E-state index < -0.39 is 0 Å². The molecule has 1 aromatic carbocycles. The van der Waals surface area contributed by atoms with Crippen LogP contribution in [0.2, 0.25) is 0 Å². The Kier molecular flexibility index (Phi) is 2.93. The largest absolute Gasteiger partial charge is 0.375 e. The van der Waals surface area contributed by atoms with Crippen LogP contribution in [0.15, 0.2) is 45.6 Å². The number of nitrogens with zero attached hydrogens (tertiary/aromatic N) is 1. The zero-order chi connectivity index (χ0) is 9.97. The first-order chi connectivity index (χ1) is 6.75. The summed E-state index contributed by atoms with van der Waals surface area (Å²) in [4.78, 5) is 5.52. The van der Waals surface area contributed by atoms with Crippen molar-refractivity contribution in [3.63, 3.8) is 0 Å². The normalized spacial score (nSPS) is 10.1. The van der Waals surface area contributed by atoms with E-state index in [0.717, 1.165) is 14.7 Å². The smallest absolute Gasteiger partial charge is 0.170 e. The highest BCUT2D eigenvalue weighted by atomic mass is 79.9. The predicted octanol–water partition coefficient (Wildman–Crippen LogP) is 3.66. The molecule has 0 atom stereocenters. The maximum Gasteiger partial charge on any atom is 0.170 e. The first-order valence-corrected chi connectivity index (χ1v) is 5.52. The van der Waals surface area contributed by atoms with Crippen molar-refractivity contribution in [2.75, 3.05) is 0 Å². The van der Waals surface area contributed by atoms with Crippen LogP contribution in [-0.4, -0.2) is 4.73 Å². The molecule has 0 saturated carbocycles. The quantitative estimate of drug-likeness (QED) is 0.825. The van der Waals surface area contributed by atoms with Gasteiger partial charge in [-0.05, 0) is 40.2 Å². The molecule has 4 heteroatoms. The van der Waals surface area contributed by atoms with Gasteiger partial charge >= 0.3 is 0 Å². The molecule has 0 spiro atoms. The maximum absolute atomic E-state index is 5.52. The Bertz CT molecular complexity index is 426. The second-order valence-electron chi connectivity index (χ2n) is 2.64. The third-order valence-corrected chi connectivity index (χ3v) is 2.73. The van der Waals surface area contributed by atoms with Crippen molar-refractivity contribution in [1.29, 1.82) is 0 Å². The van der Waals surface area contributed by atoms with Gasteiger partial charge in [0.05, 0.1) is 10.7 Å². The Morgan fingerprint density at radius 2 is 2.14 bits per heavy atom. The minimum absolute atomic E-state index is 0.762. The monoisotopic (exact) mass is 314 g/mol. The molecule has 71 valence electrons. The van der Waals surface area contributed by atoms with E-state index in [1.807, 2.05) is 18.2 Å². The van der Waals surface area contributed by atoms with Crippen LogP contribution < -0.4 is 4.84 Å². The lowest BCUT2D eigenvalue weighted by atomic mass is 10.3. The number of halogens is 2. The number of hydrogen-bond donors (Lipinski definition) is 0. The minimum Gasteiger partial charge on any atom is -0.375 e. The zero-order valence-electron chi connectivity index (χ0n) is 7.08. The van der Waals surface area contributed by atoms with Crippen molar-refractivity contribution in [2.45, 2.75) is 0 Å². The van der Waals surface area contributed by atoms with E-state index in [1.165, 1.54) is 0 Å². The summed E-state index contributed by atoms with van der Waals surface area (Å²) >= 11 is 6.79. The highest BCUT2D eigenvalue weighted by molar-refractivity contribution is 9.11. The molecular weight excluding hydrogens is 310 g/mol. The summed E-state index contributed by atoms with van der Waals surface area (Å²) in [6.45, 7) is 0. The summed E-state index contributed by atoms with van der Waals surface area (Å²) in [5, 5.41) is 0. The molecule has 0 aliphatic rings. The first-order valence-electron chi connectivity index (χ1n) is 3.93. The van der Waals surface area contributed by atoms with Gasteiger partial charge in [0.1, 0.15) is 0 Å². The molecule has 2 rings (SSSR count). The van der Waals surface area contributed by atoms with Crippen LogP contribution in [0.5, 0.6) is 5.75 Å². The van der Waals surface area contributed by atoms with Crippen LogP contribution in [-0.2, 0) is 0 Å². The topological polar surface area (TPSA) is 14.2 Å². The Morgan fingerprint density at radius 1 is 1.29 bits per heavy atom. The molecule has 14 heavy (non-hydrogen) atoms. The molecule has 2 nitrogen and oxygen atoms in total. The van der Waals surface area contributed by atoms with Gasteiger partial charge in [0.2, 0.25) is 0 Å². The molecule has 0 N–H and O–H groups in total. The zero-order valence-corrected chi connectivity index (χ0v) is 10.2. The second kappa shape index (κ2) is 4.19. The highest BCUT2D eigenvalue weighted by Gasteiger charge is 2.02. The molecule has 1 radical (unpaired) electrons. The van der Waals surface area contributed by atoms with Crippen molar-refractivity contribution in [3.05, 3.63) is 51.7 Å². The average molecular weight is 316 g/mol. The molecule has 0 aliphatic heterocycles. The summed E-state index contributed by atoms with van der Waals surface area (Å²) in [6.07, 6.45) is 3.50. The SMILES string of the molecule is Brc1ccc(On2c[c]cc2)c(Br)c1. The van der Waals surface area contributed by atoms with Gasteiger partial charge in [-0.3, -0.25) is 0 Å². The van der Waals surface area contributed by atoms with Gasteiger partial charge in [0.25, 0.3) is 0 Å². The predicted molar refractivity (Wildman–Crippen MR) is 61.1 cm³/mol. The number of benzene rings is 1. The van der Waals surface area contributed by atoms with Gasteiger partial charge in [0.15, 0.2) is 5.75 Å². The molecule has 1 aromatic heterocycles. The number of rotatable bonds is 2. The minimum atomic E-state index is 0.762. The second-order valence-corrected chi connectivity index (χ2v) is 4.41. The molecule has 0 aliphatic carbocycles. The summed E-state index contributed by atoms with van der Waals surface area (Å²) in [5.74, 6) is 0.762. The van der Waals surface area contributed by atoms with Gasteiger partial charge in [-0.2, -0.15) is 4.73 Å². The van der Waals surface area contributed by atoms with Crippen LogP contribution in [0.1, 0.15) is 0 Å². The van der Waals surface area contributed by atoms with Gasteiger partial charge < -0.3 is 4.84 Å². The summed E-state index contributed by atoms with van der Waals surface area (Å²) in [5.41, 5.74) is 0. The fourth-order valence-electron chi connectivity index (χ4n) is 0.996. The molecule has 0 bridgehead atoms. The Morgan fingerprint density at radius 3 is 2.79 bits per heavy atom. The fraction of sp³-hybridized carbons (Fsp3) is 0. The fourth-order valence-corrected chi connectivity index (χ4v) is 2.12. The lowest BCUT2D eigenvalue weighted by Crippen LogP contribution is -2.01. The maximum atomic E-state index is 5.52. The van der Waals surface area contributed by atoms with E-state index in [2.05, 4.69) is 37.9 Å². The van der Waals surface area contributed by atoms with Crippen LogP contribution in [0.4, 0.5) is 0 Å². The molecule has 0 amide bonds. The first kappa shape index (κ1) is 9.80. The van der Waals surface area contributed by atoms with Crippen molar-refractivity contribution >= 4 is 31.9 Å². The number of hydrogen-bond acceptors (Lipinski definition) is 1. The molecule has 0 saturated heterocycles. The third kappa shape index (κ3) is 2.19. The van der Waals surface area contributed by atoms with E-state index in [-0.39, 0.29) is 0 Å². The van der Waals surface area contributed by atoms with E-state index in [4.69, 9.17) is 4.84 Å². The molecular formula is C10H6Br2NO. The van der Waals surface area contributed by atoms with E-state index >= 15 is 0 Å². The Balaban J connectivity index is 2.25. The molecule has 1 heterocycles.